The Balaban J connectivity index is 1.46. The first kappa shape index (κ1) is 25.9. The van der Waals surface area contributed by atoms with Crippen molar-refractivity contribution in [2.24, 2.45) is 4.99 Å². The molecule has 39 heavy (non-hydrogen) atoms. The van der Waals surface area contributed by atoms with Crippen molar-refractivity contribution in [3.8, 4) is 0 Å². The van der Waals surface area contributed by atoms with E-state index in [-0.39, 0.29) is 29.2 Å². The van der Waals surface area contributed by atoms with E-state index in [9.17, 15) is 14.9 Å². The molecule has 0 saturated carbocycles. The number of aromatic nitrogens is 3. The molecular formula is C26H25ClN8O4. The summed E-state index contributed by atoms with van der Waals surface area (Å²) in [4.78, 5) is 33.3. The van der Waals surface area contributed by atoms with Crippen molar-refractivity contribution >= 4 is 46.3 Å². The van der Waals surface area contributed by atoms with Crippen molar-refractivity contribution in [3.05, 3.63) is 91.9 Å². The van der Waals surface area contributed by atoms with Crippen LogP contribution < -0.4 is 16.0 Å². The molecule has 1 atom stereocenters. The molecule has 1 aliphatic rings. The number of allylic oxidation sites excluding steroid dienone is 1. The minimum Gasteiger partial charge on any atom is -0.416 e. The Hall–Kier alpha value is -4.71. The average molecular weight is 549 g/mol. The minimum absolute atomic E-state index is 0.00735. The summed E-state index contributed by atoms with van der Waals surface area (Å²) in [7, 11) is 0. The van der Waals surface area contributed by atoms with Crippen LogP contribution in [0.2, 0.25) is 5.02 Å². The van der Waals surface area contributed by atoms with Crippen molar-refractivity contribution in [2.45, 2.75) is 39.9 Å². The largest absolute Gasteiger partial charge is 0.416 e. The first-order chi connectivity index (χ1) is 18.7. The Morgan fingerprint density at radius 2 is 2.10 bits per heavy atom. The zero-order chi connectivity index (χ0) is 27.7. The summed E-state index contributed by atoms with van der Waals surface area (Å²) in [5.74, 6) is -0.0738. The molecule has 13 heteroatoms. The SMILES string of the molecule is CCn1cc(CNC(=O)C2=C(C)NC(Nc3nc4cccc([N+](=O)[O-])c4o3)=NC2c2ccc(C)cc2Cl)cn1. The third-order valence-electron chi connectivity index (χ3n) is 6.22. The number of amides is 1. The summed E-state index contributed by atoms with van der Waals surface area (Å²) >= 11 is 6.61. The van der Waals surface area contributed by atoms with Crippen LogP contribution in [-0.4, -0.2) is 31.6 Å². The van der Waals surface area contributed by atoms with Gasteiger partial charge in [-0.2, -0.15) is 10.1 Å². The highest BCUT2D eigenvalue weighted by Gasteiger charge is 2.31. The smallest absolute Gasteiger partial charge is 0.313 e. The van der Waals surface area contributed by atoms with Gasteiger partial charge in [0.1, 0.15) is 11.6 Å². The van der Waals surface area contributed by atoms with Gasteiger partial charge in [0.05, 0.1) is 16.7 Å². The Morgan fingerprint density at radius 1 is 1.28 bits per heavy atom. The Morgan fingerprint density at radius 3 is 2.82 bits per heavy atom. The van der Waals surface area contributed by atoms with Crippen LogP contribution >= 0.6 is 11.6 Å². The van der Waals surface area contributed by atoms with Crippen molar-refractivity contribution in [1.29, 1.82) is 0 Å². The number of carbonyl (C=O) groups excluding carboxylic acids is 1. The van der Waals surface area contributed by atoms with Gasteiger partial charge in [-0.25, -0.2) is 4.99 Å². The molecule has 0 spiro atoms. The lowest BCUT2D eigenvalue weighted by Gasteiger charge is -2.27. The van der Waals surface area contributed by atoms with Gasteiger partial charge >= 0.3 is 11.7 Å². The molecule has 1 aliphatic heterocycles. The van der Waals surface area contributed by atoms with E-state index < -0.39 is 11.0 Å². The number of rotatable bonds is 7. The normalized spacial score (nSPS) is 15.2. The zero-order valence-electron chi connectivity index (χ0n) is 21.4. The lowest BCUT2D eigenvalue weighted by molar-refractivity contribution is -0.383. The topological polar surface area (TPSA) is 153 Å². The number of oxazole rings is 1. The van der Waals surface area contributed by atoms with Gasteiger partial charge in [0, 0.05) is 47.2 Å². The number of nitrogens with one attached hydrogen (secondary N) is 3. The van der Waals surface area contributed by atoms with Gasteiger partial charge < -0.3 is 15.1 Å². The molecule has 1 amide bonds. The molecule has 3 heterocycles. The van der Waals surface area contributed by atoms with Crippen LogP contribution in [0.15, 0.2) is 69.5 Å². The maximum Gasteiger partial charge on any atom is 0.313 e. The van der Waals surface area contributed by atoms with Crippen molar-refractivity contribution in [2.75, 3.05) is 5.32 Å². The number of anilines is 1. The van der Waals surface area contributed by atoms with E-state index in [2.05, 4.69) is 26.0 Å². The summed E-state index contributed by atoms with van der Waals surface area (Å²) in [6, 6.07) is 9.29. The second-order valence-corrected chi connectivity index (χ2v) is 9.39. The van der Waals surface area contributed by atoms with Gasteiger partial charge in [0.15, 0.2) is 0 Å². The van der Waals surface area contributed by atoms with Gasteiger partial charge in [-0.05, 0) is 38.5 Å². The number of benzene rings is 2. The van der Waals surface area contributed by atoms with E-state index in [1.165, 1.54) is 12.1 Å². The summed E-state index contributed by atoms with van der Waals surface area (Å²) in [6.45, 7) is 6.69. The number of nitrogens with zero attached hydrogens (tertiary/aromatic N) is 5. The maximum atomic E-state index is 13.4. The number of fused-ring (bicyclic) bond motifs is 1. The molecule has 200 valence electrons. The first-order valence-corrected chi connectivity index (χ1v) is 12.5. The fraction of sp³-hybridized carbons (Fsp3) is 0.231. The third kappa shape index (κ3) is 5.32. The highest BCUT2D eigenvalue weighted by atomic mass is 35.5. The fourth-order valence-electron chi connectivity index (χ4n) is 4.29. The second kappa shape index (κ2) is 10.6. The van der Waals surface area contributed by atoms with Crippen LogP contribution in [0.3, 0.4) is 0 Å². The minimum atomic E-state index is -0.751. The fourth-order valence-corrected chi connectivity index (χ4v) is 4.63. The Kier molecular flexibility index (Phi) is 7.03. The van der Waals surface area contributed by atoms with E-state index >= 15 is 0 Å². The predicted molar refractivity (Wildman–Crippen MR) is 146 cm³/mol. The molecular weight excluding hydrogens is 524 g/mol. The lowest BCUT2D eigenvalue weighted by atomic mass is 9.95. The quantitative estimate of drug-likeness (QED) is 0.223. The number of non-ortho nitro benzene ring substituents is 1. The van der Waals surface area contributed by atoms with E-state index in [0.29, 0.717) is 33.9 Å². The molecule has 1 unspecified atom stereocenters. The number of guanidine groups is 1. The zero-order valence-corrected chi connectivity index (χ0v) is 22.1. The van der Waals surface area contributed by atoms with Crippen molar-refractivity contribution in [1.82, 2.24) is 25.4 Å². The van der Waals surface area contributed by atoms with E-state index in [1.54, 1.807) is 23.9 Å². The van der Waals surface area contributed by atoms with E-state index in [1.807, 2.05) is 38.2 Å². The van der Waals surface area contributed by atoms with Gasteiger partial charge in [-0.1, -0.05) is 29.8 Å². The second-order valence-electron chi connectivity index (χ2n) is 8.98. The van der Waals surface area contributed by atoms with Crippen LogP contribution in [0.4, 0.5) is 11.7 Å². The summed E-state index contributed by atoms with van der Waals surface area (Å²) in [5, 5.41) is 25.1. The number of aryl methyl sites for hydroxylation is 2. The summed E-state index contributed by atoms with van der Waals surface area (Å²) in [6.07, 6.45) is 3.59. The summed E-state index contributed by atoms with van der Waals surface area (Å²) < 4.78 is 7.42. The monoisotopic (exact) mass is 548 g/mol. The van der Waals surface area contributed by atoms with Crippen LogP contribution in [0.25, 0.3) is 11.1 Å². The number of aliphatic imine (C=N–C) groups is 1. The number of nitro benzene ring substituents is 1. The van der Waals surface area contributed by atoms with E-state index in [0.717, 1.165) is 17.7 Å². The van der Waals surface area contributed by atoms with Crippen LogP contribution in [0, 0.1) is 17.0 Å². The number of halogens is 1. The Labute approximate surface area is 227 Å². The molecule has 3 N–H and O–H groups in total. The molecule has 5 rings (SSSR count). The van der Waals surface area contributed by atoms with E-state index in [4.69, 9.17) is 21.0 Å². The molecule has 0 fully saturated rings. The highest BCUT2D eigenvalue weighted by molar-refractivity contribution is 6.31. The van der Waals surface area contributed by atoms with Gasteiger partial charge in [0.2, 0.25) is 11.5 Å². The Bertz CT molecular complexity index is 1650. The molecule has 0 saturated heterocycles. The predicted octanol–water partition coefficient (Wildman–Crippen LogP) is 4.62. The first-order valence-electron chi connectivity index (χ1n) is 12.2. The highest BCUT2D eigenvalue weighted by Crippen LogP contribution is 2.36. The van der Waals surface area contributed by atoms with Crippen molar-refractivity contribution < 1.29 is 14.1 Å². The number of carbonyl (C=O) groups is 1. The van der Waals surface area contributed by atoms with Gasteiger partial charge in [0.25, 0.3) is 5.91 Å². The van der Waals surface area contributed by atoms with Crippen LogP contribution in [0.1, 0.15) is 36.6 Å². The molecule has 12 nitrogen and oxygen atoms in total. The summed E-state index contributed by atoms with van der Waals surface area (Å²) in [5.41, 5.74) is 3.56. The molecule has 4 aromatic rings. The van der Waals surface area contributed by atoms with Gasteiger partial charge in [-0.15, -0.1) is 0 Å². The van der Waals surface area contributed by atoms with Crippen molar-refractivity contribution in [3.63, 3.8) is 0 Å². The molecule has 0 radical (unpaired) electrons. The number of hydrogen-bond donors (Lipinski definition) is 3. The van der Waals surface area contributed by atoms with Gasteiger partial charge in [-0.3, -0.25) is 24.9 Å². The third-order valence-corrected chi connectivity index (χ3v) is 6.54. The number of para-hydroxylation sites is 1. The lowest BCUT2D eigenvalue weighted by Crippen LogP contribution is -2.39. The standard InChI is InChI=1S/C26H25ClN8O4/c1-4-34-13-16(12-29-34)11-28-24(36)21-15(3)30-25(32-22(21)17-9-8-14(2)10-18(17)27)33-26-31-19-6-5-7-20(35(37)38)23(19)39-26/h5-10,12-13,22H,4,11H2,1-3H3,(H,28,36)(H2,30,31,32,33). The molecule has 0 bridgehead atoms. The van der Waals surface area contributed by atoms with Crippen LogP contribution in [0.5, 0.6) is 0 Å². The molecule has 0 aliphatic carbocycles. The van der Waals surface area contributed by atoms with Crippen LogP contribution in [-0.2, 0) is 17.9 Å². The molecule has 2 aromatic carbocycles. The number of nitro groups is 1. The maximum absolute atomic E-state index is 13.4. The molecule has 2 aromatic heterocycles. The number of hydrogen-bond acceptors (Lipinski definition) is 9. The average Bonchev–Trinajstić information content (AvgIpc) is 3.53.